The van der Waals surface area contributed by atoms with E-state index in [-0.39, 0.29) is 11.4 Å². The summed E-state index contributed by atoms with van der Waals surface area (Å²) in [6, 6.07) is 22.1. The average Bonchev–Trinajstić information content (AvgIpc) is 2.74. The van der Waals surface area contributed by atoms with Crippen LogP contribution in [-0.2, 0) is 21.4 Å². The minimum absolute atomic E-state index is 0.0637. The highest BCUT2D eigenvalue weighted by molar-refractivity contribution is 7.89. The lowest BCUT2D eigenvalue weighted by atomic mass is 10.0. The van der Waals surface area contributed by atoms with Crippen molar-refractivity contribution < 1.29 is 13.2 Å². The van der Waals surface area contributed by atoms with E-state index in [9.17, 15) is 18.0 Å². The first-order valence-electron chi connectivity index (χ1n) is 9.30. The molecule has 0 radical (unpaired) electrons. The molecule has 0 saturated heterocycles. The number of hydrogen-bond acceptors (Lipinski definition) is 5. The number of anilines is 1. The third kappa shape index (κ3) is 4.52. The Bertz CT molecular complexity index is 1440. The maximum atomic E-state index is 12.4. The molecule has 4 aromatic rings. The van der Waals surface area contributed by atoms with Crippen molar-refractivity contribution in [1.82, 2.24) is 9.78 Å². The van der Waals surface area contributed by atoms with Gasteiger partial charge in [-0.3, -0.25) is 9.59 Å². The predicted octanol–water partition coefficient (Wildman–Crippen LogP) is 2.35. The molecule has 4 rings (SSSR count). The minimum Gasteiger partial charge on any atom is -0.324 e. The van der Waals surface area contributed by atoms with Gasteiger partial charge >= 0.3 is 0 Å². The molecule has 156 valence electrons. The van der Waals surface area contributed by atoms with Crippen LogP contribution in [0.1, 0.15) is 0 Å². The SMILES string of the molecule is NS(=O)(=O)c1ccc(NC(=O)Cn2nc(-c3cccc4ccccc34)ccc2=O)cc1. The lowest BCUT2D eigenvalue weighted by molar-refractivity contribution is -0.117. The fourth-order valence-corrected chi connectivity index (χ4v) is 3.73. The van der Waals surface area contributed by atoms with Crippen LogP contribution < -0.4 is 16.0 Å². The van der Waals surface area contributed by atoms with Gasteiger partial charge in [-0.1, -0.05) is 42.5 Å². The van der Waals surface area contributed by atoms with Crippen LogP contribution >= 0.6 is 0 Å². The topological polar surface area (TPSA) is 124 Å². The Morgan fingerprint density at radius 2 is 1.65 bits per heavy atom. The van der Waals surface area contributed by atoms with Crippen LogP contribution in [0.25, 0.3) is 22.0 Å². The van der Waals surface area contributed by atoms with E-state index in [4.69, 9.17) is 5.14 Å². The number of nitrogens with zero attached hydrogens (tertiary/aromatic N) is 2. The standard InChI is InChI=1S/C22H18N4O4S/c23-31(29,30)17-10-8-16(9-11-17)24-21(27)14-26-22(28)13-12-20(25-26)19-7-3-5-15-4-1-2-6-18(15)19/h1-13H,14H2,(H,24,27)(H2,23,29,30). The fourth-order valence-electron chi connectivity index (χ4n) is 3.22. The Hall–Kier alpha value is -3.82. The van der Waals surface area contributed by atoms with Crippen molar-refractivity contribution in [1.29, 1.82) is 0 Å². The van der Waals surface area contributed by atoms with Gasteiger partial charge in [0, 0.05) is 17.3 Å². The molecule has 0 atom stereocenters. The molecule has 0 aliphatic heterocycles. The van der Waals surface area contributed by atoms with E-state index in [0.29, 0.717) is 11.4 Å². The molecule has 31 heavy (non-hydrogen) atoms. The molecule has 0 fully saturated rings. The summed E-state index contributed by atoms with van der Waals surface area (Å²) in [4.78, 5) is 24.6. The molecule has 0 saturated carbocycles. The van der Waals surface area contributed by atoms with Crippen molar-refractivity contribution in [3.63, 3.8) is 0 Å². The highest BCUT2D eigenvalue weighted by Crippen LogP contribution is 2.26. The lowest BCUT2D eigenvalue weighted by Gasteiger charge is -2.10. The van der Waals surface area contributed by atoms with Crippen LogP contribution in [0, 0.1) is 0 Å². The molecule has 0 bridgehead atoms. The van der Waals surface area contributed by atoms with E-state index in [1.54, 1.807) is 6.07 Å². The number of primary sulfonamides is 1. The van der Waals surface area contributed by atoms with Gasteiger partial charge in [0.05, 0.1) is 10.6 Å². The molecule has 0 spiro atoms. The third-order valence-electron chi connectivity index (χ3n) is 4.69. The van der Waals surface area contributed by atoms with Gasteiger partial charge in [0.2, 0.25) is 15.9 Å². The number of amides is 1. The van der Waals surface area contributed by atoms with Crippen LogP contribution in [0.2, 0.25) is 0 Å². The van der Waals surface area contributed by atoms with Crippen LogP contribution in [0.15, 0.2) is 88.6 Å². The first kappa shape index (κ1) is 20.5. The van der Waals surface area contributed by atoms with Crippen molar-refractivity contribution in [3.8, 4) is 11.3 Å². The number of rotatable bonds is 5. The normalized spacial score (nSPS) is 11.4. The van der Waals surface area contributed by atoms with E-state index in [0.717, 1.165) is 21.0 Å². The largest absolute Gasteiger partial charge is 0.324 e. The number of nitrogens with one attached hydrogen (secondary N) is 1. The summed E-state index contributed by atoms with van der Waals surface area (Å²) in [5, 5.41) is 14.1. The molecule has 9 heteroatoms. The second kappa shape index (κ2) is 8.13. The van der Waals surface area contributed by atoms with Crippen LogP contribution in [-0.4, -0.2) is 24.1 Å². The number of sulfonamides is 1. The Balaban J connectivity index is 1.58. The van der Waals surface area contributed by atoms with Crippen molar-refractivity contribution >= 4 is 32.4 Å². The Labute approximate surface area is 178 Å². The minimum atomic E-state index is -3.82. The number of carbonyl (C=O) groups is 1. The van der Waals surface area contributed by atoms with Gasteiger partial charge in [-0.15, -0.1) is 0 Å². The zero-order valence-corrected chi connectivity index (χ0v) is 17.0. The Morgan fingerprint density at radius 1 is 0.935 bits per heavy atom. The van der Waals surface area contributed by atoms with E-state index in [1.807, 2.05) is 42.5 Å². The summed E-state index contributed by atoms with van der Waals surface area (Å²) < 4.78 is 23.7. The van der Waals surface area contributed by atoms with E-state index in [1.165, 1.54) is 30.3 Å². The number of benzene rings is 3. The first-order valence-corrected chi connectivity index (χ1v) is 10.8. The summed E-state index contributed by atoms with van der Waals surface area (Å²) >= 11 is 0. The third-order valence-corrected chi connectivity index (χ3v) is 5.62. The molecule has 1 aromatic heterocycles. The van der Waals surface area contributed by atoms with Gasteiger partial charge in [-0.2, -0.15) is 5.10 Å². The number of nitrogens with two attached hydrogens (primary N) is 1. The van der Waals surface area contributed by atoms with Crippen LogP contribution in [0.4, 0.5) is 5.69 Å². The number of carbonyl (C=O) groups excluding carboxylic acids is 1. The molecule has 3 aromatic carbocycles. The van der Waals surface area contributed by atoms with Gasteiger partial charge in [0.25, 0.3) is 5.56 Å². The number of hydrogen-bond donors (Lipinski definition) is 2. The number of fused-ring (bicyclic) bond motifs is 1. The second-order valence-electron chi connectivity index (χ2n) is 6.86. The lowest BCUT2D eigenvalue weighted by Crippen LogP contribution is -2.29. The van der Waals surface area contributed by atoms with Crippen molar-refractivity contribution in [2.75, 3.05) is 5.32 Å². The molecule has 3 N–H and O–H groups in total. The predicted molar refractivity (Wildman–Crippen MR) is 118 cm³/mol. The quantitative estimate of drug-likeness (QED) is 0.499. The van der Waals surface area contributed by atoms with Gasteiger partial charge in [-0.05, 0) is 41.1 Å². The Kier molecular flexibility index (Phi) is 5.37. The maximum Gasteiger partial charge on any atom is 0.267 e. The van der Waals surface area contributed by atoms with E-state index in [2.05, 4.69) is 10.4 Å². The average molecular weight is 434 g/mol. The zero-order valence-electron chi connectivity index (χ0n) is 16.2. The highest BCUT2D eigenvalue weighted by atomic mass is 32.2. The monoisotopic (exact) mass is 434 g/mol. The van der Waals surface area contributed by atoms with E-state index >= 15 is 0 Å². The summed E-state index contributed by atoms with van der Waals surface area (Å²) in [6.45, 7) is -0.297. The van der Waals surface area contributed by atoms with Crippen molar-refractivity contribution in [2.24, 2.45) is 5.14 Å². The molecular weight excluding hydrogens is 416 g/mol. The van der Waals surface area contributed by atoms with Crippen LogP contribution in [0.5, 0.6) is 0 Å². The highest BCUT2D eigenvalue weighted by Gasteiger charge is 2.11. The molecule has 8 nitrogen and oxygen atoms in total. The molecule has 0 aliphatic carbocycles. The zero-order chi connectivity index (χ0) is 22.0. The fraction of sp³-hybridized carbons (Fsp3) is 0.0455. The molecule has 1 amide bonds. The number of aromatic nitrogens is 2. The molecule has 1 heterocycles. The molecule has 0 aliphatic rings. The Morgan fingerprint density at radius 3 is 2.39 bits per heavy atom. The van der Waals surface area contributed by atoms with Gasteiger partial charge in [-0.25, -0.2) is 18.2 Å². The smallest absolute Gasteiger partial charge is 0.267 e. The summed E-state index contributed by atoms with van der Waals surface area (Å²) in [5.41, 5.74) is 1.38. The summed E-state index contributed by atoms with van der Waals surface area (Å²) in [5.74, 6) is -0.479. The van der Waals surface area contributed by atoms with Gasteiger partial charge in [0.1, 0.15) is 6.54 Å². The van der Waals surface area contributed by atoms with Crippen LogP contribution in [0.3, 0.4) is 0 Å². The first-order chi connectivity index (χ1) is 14.8. The summed E-state index contributed by atoms with van der Waals surface area (Å²) in [7, 11) is -3.82. The van der Waals surface area contributed by atoms with Gasteiger partial charge in [0.15, 0.2) is 0 Å². The van der Waals surface area contributed by atoms with E-state index < -0.39 is 21.5 Å². The van der Waals surface area contributed by atoms with Crippen molar-refractivity contribution in [3.05, 3.63) is 89.2 Å². The summed E-state index contributed by atoms with van der Waals surface area (Å²) in [6.07, 6.45) is 0. The maximum absolute atomic E-state index is 12.4. The van der Waals surface area contributed by atoms with Gasteiger partial charge < -0.3 is 5.32 Å². The molecule has 0 unspecified atom stereocenters. The molecular formula is C22H18N4O4S. The van der Waals surface area contributed by atoms with Crippen molar-refractivity contribution in [2.45, 2.75) is 11.4 Å². The second-order valence-corrected chi connectivity index (χ2v) is 8.42.